The highest BCUT2D eigenvalue weighted by atomic mass is 35.5. The maximum atomic E-state index is 10.9. The van der Waals surface area contributed by atoms with E-state index in [0.29, 0.717) is 18.0 Å². The van der Waals surface area contributed by atoms with E-state index in [0.717, 1.165) is 16.3 Å². The van der Waals surface area contributed by atoms with Gasteiger partial charge in [0.15, 0.2) is 6.54 Å². The fraction of sp³-hybridized carbons (Fsp3) is 0.143. The lowest BCUT2D eigenvalue weighted by Crippen LogP contribution is -2.06. The minimum atomic E-state index is -0.450. The van der Waals surface area contributed by atoms with Crippen molar-refractivity contribution in [2.75, 3.05) is 0 Å². The van der Waals surface area contributed by atoms with E-state index in [-0.39, 0.29) is 5.82 Å². The van der Waals surface area contributed by atoms with Crippen LogP contribution in [0.3, 0.4) is 0 Å². The lowest BCUT2D eigenvalue weighted by atomic mass is 10.2. The first-order valence-corrected chi connectivity index (χ1v) is 7.71. The molecule has 2 aromatic heterocycles. The van der Waals surface area contributed by atoms with Crippen molar-refractivity contribution >= 4 is 28.8 Å². The van der Waals surface area contributed by atoms with E-state index < -0.39 is 4.92 Å². The third-order valence-corrected chi connectivity index (χ3v) is 4.21. The van der Waals surface area contributed by atoms with Crippen molar-refractivity contribution in [2.24, 2.45) is 0 Å². The summed E-state index contributed by atoms with van der Waals surface area (Å²) in [4.78, 5) is 14.9. The largest absolute Gasteiger partial charge is 0.358 e. The van der Waals surface area contributed by atoms with Gasteiger partial charge in [0.1, 0.15) is 0 Å². The topological polar surface area (TPSA) is 73.8 Å². The average molecular weight is 335 g/mol. The van der Waals surface area contributed by atoms with Gasteiger partial charge >= 0.3 is 5.82 Å². The van der Waals surface area contributed by atoms with Crippen LogP contribution in [0, 0.1) is 10.1 Å². The lowest BCUT2D eigenvalue weighted by molar-refractivity contribution is -0.392. The van der Waals surface area contributed by atoms with Gasteiger partial charge in [-0.3, -0.25) is 0 Å². The third kappa shape index (κ3) is 3.32. The number of rotatable bonds is 5. The SMILES string of the molecule is O=[N+]([O-])c1ccnn1Cc1csc(Cc2ccc(Cl)cc2)n1. The zero-order chi connectivity index (χ0) is 15.5. The molecule has 2 heterocycles. The summed E-state index contributed by atoms with van der Waals surface area (Å²) in [7, 11) is 0. The van der Waals surface area contributed by atoms with Crippen molar-refractivity contribution in [2.45, 2.75) is 13.0 Å². The third-order valence-electron chi connectivity index (χ3n) is 3.06. The van der Waals surface area contributed by atoms with Crippen LogP contribution in [0.25, 0.3) is 0 Å². The molecule has 6 nitrogen and oxygen atoms in total. The Morgan fingerprint density at radius 1 is 1.27 bits per heavy atom. The summed E-state index contributed by atoms with van der Waals surface area (Å²) in [5.74, 6) is -0.0350. The zero-order valence-corrected chi connectivity index (χ0v) is 12.9. The molecule has 0 saturated carbocycles. The summed E-state index contributed by atoms with van der Waals surface area (Å²) in [5, 5.41) is 18.4. The molecule has 3 aromatic rings. The van der Waals surface area contributed by atoms with Gasteiger partial charge in [-0.1, -0.05) is 28.8 Å². The van der Waals surface area contributed by atoms with Crippen molar-refractivity contribution in [3.63, 3.8) is 0 Å². The van der Waals surface area contributed by atoms with E-state index in [1.807, 2.05) is 29.6 Å². The Hall–Kier alpha value is -2.25. The van der Waals surface area contributed by atoms with Crippen molar-refractivity contribution in [1.82, 2.24) is 14.8 Å². The monoisotopic (exact) mass is 334 g/mol. The van der Waals surface area contributed by atoms with E-state index in [1.54, 1.807) is 0 Å². The molecule has 0 N–H and O–H groups in total. The van der Waals surface area contributed by atoms with Crippen LogP contribution in [-0.4, -0.2) is 19.7 Å². The average Bonchev–Trinajstić information content (AvgIpc) is 3.11. The number of aromatic nitrogens is 3. The second-order valence-corrected chi connectivity index (χ2v) is 6.02. The quantitative estimate of drug-likeness (QED) is 0.528. The summed E-state index contributed by atoms with van der Waals surface area (Å²) in [6.07, 6.45) is 2.13. The predicted octanol–water partition coefficient (Wildman–Crippen LogP) is 3.54. The lowest BCUT2D eigenvalue weighted by Gasteiger charge is -1.98. The van der Waals surface area contributed by atoms with Gasteiger partial charge in [-0.05, 0) is 22.6 Å². The number of nitro groups is 1. The molecule has 0 radical (unpaired) electrons. The van der Waals surface area contributed by atoms with Gasteiger partial charge in [-0.15, -0.1) is 16.0 Å². The van der Waals surface area contributed by atoms with Crippen molar-refractivity contribution < 1.29 is 4.92 Å². The number of halogens is 1. The zero-order valence-electron chi connectivity index (χ0n) is 11.3. The molecule has 0 aliphatic rings. The second kappa shape index (κ2) is 6.25. The molecule has 112 valence electrons. The Kier molecular flexibility index (Phi) is 4.17. The van der Waals surface area contributed by atoms with Crippen LogP contribution in [0.5, 0.6) is 0 Å². The first kappa shape index (κ1) is 14.7. The molecular formula is C14H11ClN4O2S. The first-order chi connectivity index (χ1) is 10.6. The second-order valence-electron chi connectivity index (χ2n) is 4.64. The number of benzene rings is 1. The molecule has 0 spiro atoms. The molecule has 0 atom stereocenters. The molecule has 8 heteroatoms. The molecule has 3 rings (SSSR count). The normalized spacial score (nSPS) is 10.8. The van der Waals surface area contributed by atoms with Crippen molar-refractivity contribution in [1.29, 1.82) is 0 Å². The van der Waals surface area contributed by atoms with E-state index in [9.17, 15) is 10.1 Å². The minimum absolute atomic E-state index is 0.0350. The van der Waals surface area contributed by atoms with Gasteiger partial charge in [0, 0.05) is 16.8 Å². The Balaban J connectivity index is 1.72. The van der Waals surface area contributed by atoms with Crippen molar-refractivity contribution in [3.8, 4) is 0 Å². The molecule has 0 saturated heterocycles. The van der Waals surface area contributed by atoms with Crippen LogP contribution in [-0.2, 0) is 13.0 Å². The van der Waals surface area contributed by atoms with E-state index in [1.165, 1.54) is 28.3 Å². The van der Waals surface area contributed by atoms with Crippen LogP contribution < -0.4 is 0 Å². The predicted molar refractivity (Wildman–Crippen MR) is 84.4 cm³/mol. The first-order valence-electron chi connectivity index (χ1n) is 6.46. The van der Waals surface area contributed by atoms with Gasteiger partial charge in [-0.25, -0.2) is 4.98 Å². The summed E-state index contributed by atoms with van der Waals surface area (Å²) in [6, 6.07) is 8.99. The fourth-order valence-electron chi connectivity index (χ4n) is 2.04. The van der Waals surface area contributed by atoms with Crippen LogP contribution in [0.1, 0.15) is 16.3 Å². The Bertz CT molecular complexity index is 797. The highest BCUT2D eigenvalue weighted by Gasteiger charge is 2.15. The molecule has 0 amide bonds. The molecule has 0 unspecified atom stereocenters. The van der Waals surface area contributed by atoms with Crippen molar-refractivity contribution in [3.05, 3.63) is 73.3 Å². The van der Waals surface area contributed by atoms with Crippen LogP contribution in [0.15, 0.2) is 41.9 Å². The summed E-state index contributed by atoms with van der Waals surface area (Å²) in [6.45, 7) is 0.292. The van der Waals surface area contributed by atoms with Gasteiger partial charge in [0.2, 0.25) is 0 Å². The maximum Gasteiger partial charge on any atom is 0.345 e. The van der Waals surface area contributed by atoms with Gasteiger partial charge in [0.25, 0.3) is 0 Å². The Morgan fingerprint density at radius 3 is 2.77 bits per heavy atom. The molecule has 22 heavy (non-hydrogen) atoms. The minimum Gasteiger partial charge on any atom is -0.358 e. The molecule has 0 bridgehead atoms. The smallest absolute Gasteiger partial charge is 0.345 e. The summed E-state index contributed by atoms with van der Waals surface area (Å²) >= 11 is 7.39. The molecule has 0 aliphatic carbocycles. The number of hydrogen-bond acceptors (Lipinski definition) is 5. The molecule has 0 fully saturated rings. The highest BCUT2D eigenvalue weighted by Crippen LogP contribution is 2.18. The summed E-state index contributed by atoms with van der Waals surface area (Å²) in [5.41, 5.74) is 1.89. The van der Waals surface area contributed by atoms with Crippen LogP contribution in [0.2, 0.25) is 5.02 Å². The molecule has 1 aromatic carbocycles. The maximum absolute atomic E-state index is 10.9. The van der Waals surface area contributed by atoms with E-state index in [4.69, 9.17) is 11.6 Å². The van der Waals surface area contributed by atoms with Crippen LogP contribution in [0.4, 0.5) is 5.82 Å². The standard InChI is InChI=1S/C14H11ClN4O2S/c15-11-3-1-10(2-4-11)7-13-17-12(9-22-13)8-18-14(19(20)21)5-6-16-18/h1-6,9H,7-8H2. The number of hydrogen-bond donors (Lipinski definition) is 0. The van der Waals surface area contributed by atoms with Gasteiger partial charge in [-0.2, -0.15) is 0 Å². The van der Waals surface area contributed by atoms with Gasteiger partial charge < -0.3 is 10.1 Å². The molecular weight excluding hydrogens is 324 g/mol. The fourth-order valence-corrected chi connectivity index (χ4v) is 2.98. The Labute approximate surface area is 135 Å². The highest BCUT2D eigenvalue weighted by molar-refractivity contribution is 7.09. The molecule has 0 aliphatic heterocycles. The van der Waals surface area contributed by atoms with E-state index in [2.05, 4.69) is 10.1 Å². The Morgan fingerprint density at radius 2 is 2.05 bits per heavy atom. The number of nitrogens with zero attached hydrogens (tertiary/aromatic N) is 4. The van der Waals surface area contributed by atoms with Gasteiger partial charge in [0.05, 0.1) is 23.0 Å². The van der Waals surface area contributed by atoms with Crippen LogP contribution >= 0.6 is 22.9 Å². The number of thiazole rings is 1. The summed E-state index contributed by atoms with van der Waals surface area (Å²) < 4.78 is 1.33. The van der Waals surface area contributed by atoms with E-state index >= 15 is 0 Å².